The molecule has 0 aromatic rings. The largest absolute Gasteiger partial charge is 0.396 e. The van der Waals surface area contributed by atoms with Gasteiger partial charge in [0.1, 0.15) is 0 Å². The average Bonchev–Trinajstić information content (AvgIpc) is 2.66. The molecule has 0 aliphatic rings. The zero-order valence-electron chi connectivity index (χ0n) is 17.3. The van der Waals surface area contributed by atoms with Crippen LogP contribution in [0.25, 0.3) is 0 Å². The minimum atomic E-state index is 0.350. The minimum Gasteiger partial charge on any atom is -0.396 e. The van der Waals surface area contributed by atoms with E-state index in [1.807, 2.05) is 0 Å². The van der Waals surface area contributed by atoms with Crippen LogP contribution in [0.2, 0.25) is 0 Å². The molecule has 0 atom stereocenters. The molecule has 0 aliphatic heterocycles. The monoisotopic (exact) mass is 374 g/mol. The fourth-order valence-corrected chi connectivity index (χ4v) is 3.26. The lowest BCUT2D eigenvalue weighted by Crippen LogP contribution is -1.97. The van der Waals surface area contributed by atoms with Gasteiger partial charge in [0, 0.05) is 19.8 Å². The van der Waals surface area contributed by atoms with Gasteiger partial charge >= 0.3 is 0 Å². The molecule has 4 heteroatoms. The topological polar surface area (TPSA) is 58.9 Å². The number of ether oxygens (including phenoxy) is 1. The van der Waals surface area contributed by atoms with Gasteiger partial charge in [0.05, 0.1) is 6.61 Å². The predicted octanol–water partition coefficient (Wildman–Crippen LogP) is 6.51. The normalized spacial score (nSPS) is 11.3. The Kier molecular flexibility index (Phi) is 24.7. The predicted molar refractivity (Wildman–Crippen MR) is 110 cm³/mol. The molecule has 2 N–H and O–H groups in total. The van der Waals surface area contributed by atoms with E-state index in [0.29, 0.717) is 13.2 Å². The summed E-state index contributed by atoms with van der Waals surface area (Å²) >= 11 is 0. The summed E-state index contributed by atoms with van der Waals surface area (Å²) in [5.74, 6) is 0. The van der Waals surface area contributed by atoms with Crippen molar-refractivity contribution in [1.29, 1.82) is 0 Å². The Morgan fingerprint density at radius 3 is 1.04 bits per heavy atom. The molecule has 0 rings (SSSR count). The summed E-state index contributed by atoms with van der Waals surface area (Å²) in [6.07, 6.45) is 22.6. The van der Waals surface area contributed by atoms with E-state index in [4.69, 9.17) is 15.1 Å². The smallest absolute Gasteiger partial charge is 0.0819 e. The Morgan fingerprint density at radius 1 is 0.385 bits per heavy atom. The van der Waals surface area contributed by atoms with Crippen LogP contribution in [0.4, 0.5) is 0 Å². The highest BCUT2D eigenvalue weighted by atomic mass is 17.1. The lowest BCUT2D eigenvalue weighted by atomic mass is 10.1. The first kappa shape index (κ1) is 25.8. The highest BCUT2D eigenvalue weighted by Crippen LogP contribution is 2.11. The van der Waals surface area contributed by atoms with E-state index < -0.39 is 0 Å². The molecule has 0 heterocycles. The maximum atomic E-state index is 8.71. The second-order valence-corrected chi connectivity index (χ2v) is 7.53. The van der Waals surface area contributed by atoms with Crippen LogP contribution >= 0.6 is 0 Å². The molecule has 158 valence electrons. The van der Waals surface area contributed by atoms with E-state index in [-0.39, 0.29) is 0 Å². The summed E-state index contributed by atoms with van der Waals surface area (Å²) in [5, 5.41) is 16.9. The third kappa shape index (κ3) is 23.8. The van der Waals surface area contributed by atoms with Crippen molar-refractivity contribution in [3.63, 3.8) is 0 Å². The van der Waals surface area contributed by atoms with Crippen LogP contribution in [0.15, 0.2) is 0 Å². The van der Waals surface area contributed by atoms with E-state index in [1.54, 1.807) is 0 Å². The number of rotatable bonds is 23. The minimum absolute atomic E-state index is 0.350. The van der Waals surface area contributed by atoms with E-state index in [9.17, 15) is 0 Å². The number of aliphatic hydroxyl groups excluding tert-OH is 1. The van der Waals surface area contributed by atoms with Gasteiger partial charge in [0.15, 0.2) is 0 Å². The molecule has 0 aromatic carbocycles. The molecule has 0 saturated carbocycles. The van der Waals surface area contributed by atoms with Crippen LogP contribution < -0.4 is 0 Å². The number of hydrogen-bond donors (Lipinski definition) is 2. The third-order valence-electron chi connectivity index (χ3n) is 4.97. The van der Waals surface area contributed by atoms with Crippen LogP contribution in [-0.2, 0) is 9.62 Å². The number of hydrogen-bond acceptors (Lipinski definition) is 4. The number of unbranched alkanes of at least 4 members (excludes halogenated alkanes) is 16. The Morgan fingerprint density at radius 2 is 0.692 bits per heavy atom. The van der Waals surface area contributed by atoms with Gasteiger partial charge in [0.25, 0.3) is 0 Å². The second kappa shape index (κ2) is 24.8. The van der Waals surface area contributed by atoms with Gasteiger partial charge in [-0.05, 0) is 25.7 Å². The zero-order chi connectivity index (χ0) is 19.0. The standard InChI is InChI=1S/C22H46O4/c23-19-15-11-7-3-1-4-8-12-16-20-25-21-17-13-9-5-2-6-10-14-18-22-26-24/h23-24H,1-22H2. The maximum Gasteiger partial charge on any atom is 0.0819 e. The van der Waals surface area contributed by atoms with E-state index >= 15 is 0 Å². The second-order valence-electron chi connectivity index (χ2n) is 7.53. The van der Waals surface area contributed by atoms with Crippen molar-refractivity contribution >= 4 is 0 Å². The van der Waals surface area contributed by atoms with Crippen molar-refractivity contribution in [3.05, 3.63) is 0 Å². The molecule has 0 radical (unpaired) electrons. The molecule has 0 unspecified atom stereocenters. The van der Waals surface area contributed by atoms with Crippen LogP contribution in [0.5, 0.6) is 0 Å². The lowest BCUT2D eigenvalue weighted by Gasteiger charge is -2.05. The van der Waals surface area contributed by atoms with Crippen molar-refractivity contribution in [2.75, 3.05) is 26.4 Å². The highest BCUT2D eigenvalue weighted by molar-refractivity contribution is 4.49. The van der Waals surface area contributed by atoms with Crippen molar-refractivity contribution in [2.24, 2.45) is 0 Å². The maximum absolute atomic E-state index is 8.71. The van der Waals surface area contributed by atoms with E-state index in [2.05, 4.69) is 4.89 Å². The van der Waals surface area contributed by atoms with Gasteiger partial charge in [0.2, 0.25) is 0 Å². The first-order valence-electron chi connectivity index (χ1n) is 11.4. The van der Waals surface area contributed by atoms with Gasteiger partial charge in [-0.3, -0.25) is 5.26 Å². The molecule has 26 heavy (non-hydrogen) atoms. The first-order chi connectivity index (χ1) is 12.9. The van der Waals surface area contributed by atoms with E-state index in [1.165, 1.54) is 103 Å². The molecule has 0 aliphatic carbocycles. The molecular weight excluding hydrogens is 328 g/mol. The third-order valence-corrected chi connectivity index (χ3v) is 4.97. The quantitative estimate of drug-likeness (QED) is 0.122. The Bertz CT molecular complexity index is 212. The average molecular weight is 375 g/mol. The lowest BCUT2D eigenvalue weighted by molar-refractivity contribution is -0.242. The van der Waals surface area contributed by atoms with Crippen molar-refractivity contribution < 1.29 is 20.0 Å². The highest BCUT2D eigenvalue weighted by Gasteiger charge is 1.95. The molecule has 0 bridgehead atoms. The Labute approximate surface area is 162 Å². The summed E-state index contributed by atoms with van der Waals surface area (Å²) in [6.45, 7) is 2.70. The van der Waals surface area contributed by atoms with Crippen molar-refractivity contribution in [3.8, 4) is 0 Å². The summed E-state index contributed by atoms with van der Waals surface area (Å²) < 4.78 is 5.73. The van der Waals surface area contributed by atoms with Gasteiger partial charge in [-0.25, -0.2) is 4.89 Å². The first-order valence-corrected chi connectivity index (χ1v) is 11.4. The van der Waals surface area contributed by atoms with Crippen LogP contribution in [0, 0.1) is 0 Å². The van der Waals surface area contributed by atoms with Gasteiger partial charge in [-0.15, -0.1) is 0 Å². The summed E-state index contributed by atoms with van der Waals surface area (Å²) in [7, 11) is 0. The van der Waals surface area contributed by atoms with E-state index in [0.717, 1.165) is 26.1 Å². The molecule has 0 spiro atoms. The Balaban J connectivity index is 2.95. The van der Waals surface area contributed by atoms with Crippen molar-refractivity contribution in [1.82, 2.24) is 0 Å². The number of aliphatic hydroxyl groups is 1. The van der Waals surface area contributed by atoms with Crippen molar-refractivity contribution in [2.45, 2.75) is 116 Å². The van der Waals surface area contributed by atoms with Crippen LogP contribution in [0.3, 0.4) is 0 Å². The fourth-order valence-electron chi connectivity index (χ4n) is 3.26. The summed E-state index contributed by atoms with van der Waals surface area (Å²) in [5.41, 5.74) is 0. The fraction of sp³-hybridized carbons (Fsp3) is 1.00. The van der Waals surface area contributed by atoms with Gasteiger partial charge in [-0.1, -0.05) is 89.9 Å². The molecule has 0 saturated heterocycles. The van der Waals surface area contributed by atoms with Crippen LogP contribution in [0.1, 0.15) is 116 Å². The SMILES string of the molecule is OCCCCCCCCCCCOCCCCCCCCCCCOO. The Hall–Kier alpha value is -0.160. The molecular formula is C22H46O4. The summed E-state index contributed by atoms with van der Waals surface area (Å²) in [4.78, 5) is 4.07. The molecule has 0 amide bonds. The molecule has 0 aromatic heterocycles. The molecule has 4 nitrogen and oxygen atoms in total. The zero-order valence-corrected chi connectivity index (χ0v) is 17.3. The molecule has 0 fully saturated rings. The van der Waals surface area contributed by atoms with Crippen LogP contribution in [-0.4, -0.2) is 36.8 Å². The van der Waals surface area contributed by atoms with Gasteiger partial charge in [-0.2, -0.15) is 0 Å². The van der Waals surface area contributed by atoms with Gasteiger partial charge < -0.3 is 9.84 Å². The summed E-state index contributed by atoms with van der Waals surface area (Å²) in [6, 6.07) is 0.